The molecule has 5 nitrogen and oxygen atoms in total. The number of hydrogen-bond donors (Lipinski definition) is 1. The summed E-state index contributed by atoms with van der Waals surface area (Å²) >= 11 is 0. The Hall–Kier alpha value is -2.43. The molecular formula is C14H13N3O2. The molecule has 2 atom stereocenters. The maximum absolute atomic E-state index is 10.5. The van der Waals surface area contributed by atoms with Crippen molar-refractivity contribution in [2.75, 3.05) is 5.32 Å². The summed E-state index contributed by atoms with van der Waals surface area (Å²) in [5.41, 5.74) is 2.16. The molecule has 0 bridgehead atoms. The molecular weight excluding hydrogens is 242 g/mol. The Balaban J connectivity index is 1.63. The summed E-state index contributed by atoms with van der Waals surface area (Å²) in [7, 11) is 0. The summed E-state index contributed by atoms with van der Waals surface area (Å²) in [6.07, 6.45) is 2.60. The molecule has 1 aliphatic carbocycles. The van der Waals surface area contributed by atoms with Crippen molar-refractivity contribution in [1.82, 2.24) is 4.98 Å². The fourth-order valence-electron chi connectivity index (χ4n) is 2.22. The van der Waals surface area contributed by atoms with Gasteiger partial charge in [0.1, 0.15) is 0 Å². The van der Waals surface area contributed by atoms with Crippen LogP contribution in [0.1, 0.15) is 17.9 Å². The van der Waals surface area contributed by atoms with Crippen LogP contribution in [0.25, 0.3) is 0 Å². The molecule has 2 unspecified atom stereocenters. The molecule has 2 aromatic rings. The van der Waals surface area contributed by atoms with Gasteiger partial charge in [0.25, 0.3) is 0 Å². The normalized spacial score (nSPS) is 20.8. The third-order valence-corrected chi connectivity index (χ3v) is 3.31. The summed E-state index contributed by atoms with van der Waals surface area (Å²) in [6, 6.07) is 13.9. The SMILES string of the molecule is O=[N+]([O-])c1ccc(NC2CC2c2ccccc2)cn1. The molecule has 1 saturated carbocycles. The summed E-state index contributed by atoms with van der Waals surface area (Å²) in [5, 5.41) is 13.9. The first-order valence-electron chi connectivity index (χ1n) is 6.16. The molecule has 1 aromatic heterocycles. The topological polar surface area (TPSA) is 68.1 Å². The lowest BCUT2D eigenvalue weighted by atomic mass is 10.1. The fraction of sp³-hybridized carbons (Fsp3) is 0.214. The van der Waals surface area contributed by atoms with E-state index in [4.69, 9.17) is 0 Å². The van der Waals surface area contributed by atoms with Gasteiger partial charge in [-0.25, -0.2) is 0 Å². The van der Waals surface area contributed by atoms with Crippen LogP contribution in [-0.2, 0) is 0 Å². The van der Waals surface area contributed by atoms with E-state index >= 15 is 0 Å². The van der Waals surface area contributed by atoms with Gasteiger partial charge in [0.2, 0.25) is 0 Å². The van der Waals surface area contributed by atoms with Crippen LogP contribution in [-0.4, -0.2) is 15.9 Å². The number of nitrogens with zero attached hydrogens (tertiary/aromatic N) is 2. The Bertz CT molecular complexity index is 583. The van der Waals surface area contributed by atoms with Crippen LogP contribution in [0.4, 0.5) is 11.5 Å². The second-order valence-corrected chi connectivity index (χ2v) is 4.67. The molecule has 19 heavy (non-hydrogen) atoms. The van der Waals surface area contributed by atoms with Crippen molar-refractivity contribution in [2.24, 2.45) is 0 Å². The Morgan fingerprint density at radius 3 is 2.63 bits per heavy atom. The second-order valence-electron chi connectivity index (χ2n) is 4.67. The van der Waals surface area contributed by atoms with Crippen LogP contribution in [0.2, 0.25) is 0 Å². The summed E-state index contributed by atoms with van der Waals surface area (Å²) in [6.45, 7) is 0. The van der Waals surface area contributed by atoms with Gasteiger partial charge in [0.15, 0.2) is 6.20 Å². The quantitative estimate of drug-likeness (QED) is 0.673. The van der Waals surface area contributed by atoms with E-state index in [2.05, 4.69) is 22.4 Å². The molecule has 1 heterocycles. The third kappa shape index (κ3) is 2.54. The largest absolute Gasteiger partial charge is 0.379 e. The van der Waals surface area contributed by atoms with E-state index < -0.39 is 4.92 Å². The van der Waals surface area contributed by atoms with Crippen LogP contribution < -0.4 is 5.32 Å². The molecule has 0 aliphatic heterocycles. The van der Waals surface area contributed by atoms with Gasteiger partial charge in [0.05, 0.1) is 5.69 Å². The van der Waals surface area contributed by atoms with Crippen molar-refractivity contribution < 1.29 is 4.92 Å². The number of anilines is 1. The van der Waals surface area contributed by atoms with Crippen LogP contribution in [0.15, 0.2) is 48.7 Å². The highest BCUT2D eigenvalue weighted by molar-refractivity contribution is 5.47. The molecule has 1 aliphatic rings. The van der Waals surface area contributed by atoms with Crippen molar-refractivity contribution in [2.45, 2.75) is 18.4 Å². The van der Waals surface area contributed by atoms with E-state index in [1.165, 1.54) is 17.8 Å². The van der Waals surface area contributed by atoms with E-state index in [-0.39, 0.29) is 5.82 Å². The molecule has 0 amide bonds. The van der Waals surface area contributed by atoms with Crippen molar-refractivity contribution in [1.29, 1.82) is 0 Å². The van der Waals surface area contributed by atoms with E-state index in [1.54, 1.807) is 6.07 Å². The first kappa shape index (κ1) is 11.6. The zero-order chi connectivity index (χ0) is 13.2. The zero-order valence-electron chi connectivity index (χ0n) is 10.2. The van der Waals surface area contributed by atoms with E-state index in [9.17, 15) is 10.1 Å². The molecule has 1 fully saturated rings. The molecule has 0 saturated heterocycles. The predicted octanol–water partition coefficient (Wildman–Crippen LogP) is 2.96. The van der Waals surface area contributed by atoms with Crippen LogP contribution in [0.3, 0.4) is 0 Å². The number of aromatic nitrogens is 1. The van der Waals surface area contributed by atoms with Crippen molar-refractivity contribution in [3.8, 4) is 0 Å². The number of hydrogen-bond acceptors (Lipinski definition) is 4. The van der Waals surface area contributed by atoms with Gasteiger partial charge >= 0.3 is 5.82 Å². The lowest BCUT2D eigenvalue weighted by molar-refractivity contribution is -0.389. The molecule has 1 N–H and O–H groups in total. The lowest BCUT2D eigenvalue weighted by Gasteiger charge is -2.04. The molecule has 0 spiro atoms. The highest BCUT2D eigenvalue weighted by atomic mass is 16.6. The lowest BCUT2D eigenvalue weighted by Crippen LogP contribution is -2.04. The third-order valence-electron chi connectivity index (χ3n) is 3.31. The minimum absolute atomic E-state index is 0.124. The smallest absolute Gasteiger partial charge is 0.363 e. The highest BCUT2D eigenvalue weighted by Gasteiger charge is 2.38. The van der Waals surface area contributed by atoms with Crippen LogP contribution in [0, 0.1) is 10.1 Å². The number of rotatable bonds is 4. The van der Waals surface area contributed by atoms with Crippen molar-refractivity contribution in [3.63, 3.8) is 0 Å². The van der Waals surface area contributed by atoms with Crippen LogP contribution >= 0.6 is 0 Å². The van der Waals surface area contributed by atoms with E-state index in [0.717, 1.165) is 12.1 Å². The maximum Gasteiger partial charge on any atom is 0.363 e. The zero-order valence-corrected chi connectivity index (χ0v) is 10.2. The Morgan fingerprint density at radius 2 is 2.00 bits per heavy atom. The number of nitrogens with one attached hydrogen (secondary N) is 1. The van der Waals surface area contributed by atoms with Gasteiger partial charge in [-0.1, -0.05) is 30.3 Å². The second kappa shape index (κ2) is 4.68. The van der Waals surface area contributed by atoms with Gasteiger partial charge in [-0.3, -0.25) is 0 Å². The van der Waals surface area contributed by atoms with Gasteiger partial charge in [-0.2, -0.15) is 0 Å². The van der Waals surface area contributed by atoms with E-state index in [1.807, 2.05) is 18.2 Å². The first-order valence-corrected chi connectivity index (χ1v) is 6.16. The minimum Gasteiger partial charge on any atom is -0.379 e. The number of pyridine rings is 1. The molecule has 96 valence electrons. The van der Waals surface area contributed by atoms with E-state index in [0.29, 0.717) is 12.0 Å². The minimum atomic E-state index is -0.492. The average molecular weight is 255 g/mol. The van der Waals surface area contributed by atoms with Gasteiger partial charge in [0, 0.05) is 18.0 Å². The monoisotopic (exact) mass is 255 g/mol. The van der Waals surface area contributed by atoms with Crippen molar-refractivity contribution >= 4 is 11.5 Å². The summed E-state index contributed by atoms with van der Waals surface area (Å²) in [5.74, 6) is 0.400. The average Bonchev–Trinajstić information content (AvgIpc) is 3.20. The standard InChI is InChI=1S/C14H13N3O2/c18-17(19)14-7-6-11(9-15-14)16-13-8-12(13)10-4-2-1-3-5-10/h1-7,9,12-13,16H,8H2. The predicted molar refractivity (Wildman–Crippen MR) is 72.1 cm³/mol. The Labute approximate surface area is 110 Å². The number of benzene rings is 1. The first-order chi connectivity index (χ1) is 9.24. The van der Waals surface area contributed by atoms with Crippen molar-refractivity contribution in [3.05, 3.63) is 64.3 Å². The molecule has 3 rings (SSSR count). The molecule has 1 aromatic carbocycles. The van der Waals surface area contributed by atoms with Gasteiger partial charge in [-0.05, 0) is 28.0 Å². The van der Waals surface area contributed by atoms with Crippen LogP contribution in [0.5, 0.6) is 0 Å². The van der Waals surface area contributed by atoms with Gasteiger partial charge in [-0.15, -0.1) is 0 Å². The Morgan fingerprint density at radius 1 is 1.21 bits per heavy atom. The summed E-state index contributed by atoms with van der Waals surface area (Å²) < 4.78 is 0. The molecule has 5 heteroatoms. The molecule has 0 radical (unpaired) electrons. The number of nitro groups is 1. The summed E-state index contributed by atoms with van der Waals surface area (Å²) in [4.78, 5) is 13.8. The Kier molecular flexibility index (Phi) is 2.87. The van der Waals surface area contributed by atoms with Gasteiger partial charge < -0.3 is 15.4 Å². The fourth-order valence-corrected chi connectivity index (χ4v) is 2.22. The highest BCUT2D eigenvalue weighted by Crippen LogP contribution is 2.42. The maximum atomic E-state index is 10.5.